The lowest BCUT2D eigenvalue weighted by atomic mass is 9.56. The van der Waals surface area contributed by atoms with Gasteiger partial charge in [0.15, 0.2) is 0 Å². The molecule has 0 bridgehead atoms. The maximum atomic E-state index is 2.36. The maximum absolute atomic E-state index is 2.36. The van der Waals surface area contributed by atoms with Gasteiger partial charge in [0.05, 0.1) is 0 Å². The molecule has 0 saturated heterocycles. The first kappa shape index (κ1) is 9.65. The Kier molecular flexibility index (Phi) is 2.49. The third-order valence-corrected chi connectivity index (χ3v) is 3.78. The molecule has 0 nitrogen and oxygen atoms in total. The second-order valence-electron chi connectivity index (χ2n) is 4.62. The molecule has 3 aliphatic carbocycles. The summed E-state index contributed by atoms with van der Waals surface area (Å²) in [5, 5.41) is 0. The Morgan fingerprint density at radius 1 is 0.312 bits per heavy atom. The van der Waals surface area contributed by atoms with E-state index < -0.39 is 0 Å². The van der Waals surface area contributed by atoms with Gasteiger partial charge in [-0.2, -0.15) is 0 Å². The molecule has 0 heterocycles. The van der Waals surface area contributed by atoms with Crippen molar-refractivity contribution in [2.75, 3.05) is 0 Å². The molecule has 3 aliphatic rings. The van der Waals surface area contributed by atoms with Crippen molar-refractivity contribution in [2.24, 2.45) is 23.7 Å². The van der Waals surface area contributed by atoms with E-state index in [1.165, 1.54) is 0 Å². The van der Waals surface area contributed by atoms with E-state index in [0.717, 1.165) is 0 Å². The van der Waals surface area contributed by atoms with Gasteiger partial charge in [-0.1, -0.05) is 72.9 Å². The van der Waals surface area contributed by atoms with Gasteiger partial charge >= 0.3 is 0 Å². The van der Waals surface area contributed by atoms with E-state index in [1.54, 1.807) is 0 Å². The van der Waals surface area contributed by atoms with Crippen molar-refractivity contribution in [3.63, 3.8) is 0 Å². The number of hydrogen-bond acceptors (Lipinski definition) is 0. The molecule has 1 saturated carbocycles. The molecular weight excluding hydrogens is 192 g/mol. The van der Waals surface area contributed by atoms with Gasteiger partial charge in [-0.3, -0.25) is 0 Å². The first-order chi connectivity index (χ1) is 7.97. The van der Waals surface area contributed by atoms with Gasteiger partial charge in [0.25, 0.3) is 0 Å². The molecule has 3 rings (SSSR count). The molecule has 0 heteroatoms. The van der Waals surface area contributed by atoms with Crippen LogP contribution in [0.3, 0.4) is 0 Å². The van der Waals surface area contributed by atoms with E-state index in [0.29, 0.717) is 23.7 Å². The Hall–Kier alpha value is -1.56. The lowest BCUT2D eigenvalue weighted by Gasteiger charge is -2.48. The average molecular weight is 208 g/mol. The van der Waals surface area contributed by atoms with Crippen LogP contribution in [0.5, 0.6) is 0 Å². The van der Waals surface area contributed by atoms with Gasteiger partial charge < -0.3 is 0 Å². The molecule has 0 amide bonds. The number of hydrogen-bond donors (Lipinski definition) is 0. The standard InChI is InChI=1S/C16H16/c1-2-6-10-14-13(9-5-1)15-11-7-3-4-8-12-16(14)15/h1-16H/b2-1-,4-3?,9-5-,10-6-,11-7-,12-8?. The molecule has 0 N–H and O–H groups in total. The maximum Gasteiger partial charge on any atom is -0.00925 e. The zero-order chi connectivity index (χ0) is 10.8. The lowest BCUT2D eigenvalue weighted by molar-refractivity contribution is 0.124. The molecule has 0 aromatic heterocycles. The molecule has 0 aliphatic heterocycles. The zero-order valence-corrected chi connectivity index (χ0v) is 9.24. The molecule has 4 unspecified atom stereocenters. The van der Waals surface area contributed by atoms with Crippen molar-refractivity contribution in [1.82, 2.24) is 0 Å². The minimum Gasteiger partial charge on any atom is -0.0802 e. The van der Waals surface area contributed by atoms with Crippen molar-refractivity contribution in [1.29, 1.82) is 0 Å². The fraction of sp³-hybridized carbons (Fsp3) is 0.250. The Morgan fingerprint density at radius 3 is 0.812 bits per heavy atom. The molecule has 4 atom stereocenters. The summed E-state index contributed by atoms with van der Waals surface area (Å²) in [6.45, 7) is 0. The predicted molar refractivity (Wildman–Crippen MR) is 68.8 cm³/mol. The summed E-state index contributed by atoms with van der Waals surface area (Å²) >= 11 is 0. The van der Waals surface area contributed by atoms with Crippen molar-refractivity contribution in [3.8, 4) is 0 Å². The topological polar surface area (TPSA) is 0 Å². The van der Waals surface area contributed by atoms with Crippen LogP contribution in [-0.2, 0) is 0 Å². The average Bonchev–Trinajstić information content (AvgIpc) is 2.23. The summed E-state index contributed by atoms with van der Waals surface area (Å²) in [7, 11) is 0. The highest BCUT2D eigenvalue weighted by molar-refractivity contribution is 5.30. The number of rotatable bonds is 0. The van der Waals surface area contributed by atoms with Gasteiger partial charge in [0.2, 0.25) is 0 Å². The lowest BCUT2D eigenvalue weighted by Crippen LogP contribution is -2.43. The quantitative estimate of drug-likeness (QED) is 0.567. The first-order valence-corrected chi connectivity index (χ1v) is 6.00. The second kappa shape index (κ2) is 4.13. The number of allylic oxidation sites excluding steroid dienone is 12. The summed E-state index contributed by atoms with van der Waals surface area (Å²) in [6.07, 6.45) is 26.6. The van der Waals surface area contributed by atoms with E-state index in [4.69, 9.17) is 0 Å². The third-order valence-electron chi connectivity index (χ3n) is 3.78. The van der Waals surface area contributed by atoms with E-state index in [-0.39, 0.29) is 0 Å². The molecule has 0 radical (unpaired) electrons. The van der Waals surface area contributed by atoms with Crippen LogP contribution in [-0.4, -0.2) is 0 Å². The SMILES string of the molecule is C1=C/C=C\C2C(C=C1)C1\C=C/C=C\C=C/C21. The summed E-state index contributed by atoms with van der Waals surface area (Å²) in [5.74, 6) is 2.72. The van der Waals surface area contributed by atoms with E-state index >= 15 is 0 Å². The van der Waals surface area contributed by atoms with Crippen LogP contribution in [0.25, 0.3) is 0 Å². The van der Waals surface area contributed by atoms with Crippen LogP contribution < -0.4 is 0 Å². The van der Waals surface area contributed by atoms with Crippen LogP contribution in [0.4, 0.5) is 0 Å². The van der Waals surface area contributed by atoms with Gasteiger partial charge in [-0.25, -0.2) is 0 Å². The fourth-order valence-corrected chi connectivity index (χ4v) is 2.93. The molecule has 16 heavy (non-hydrogen) atoms. The van der Waals surface area contributed by atoms with Crippen LogP contribution in [0.1, 0.15) is 0 Å². The van der Waals surface area contributed by atoms with E-state index in [9.17, 15) is 0 Å². The van der Waals surface area contributed by atoms with Gasteiger partial charge in [0.1, 0.15) is 0 Å². The molecular formula is C16H16. The molecule has 0 spiro atoms. The Labute approximate surface area is 97.1 Å². The fourth-order valence-electron chi connectivity index (χ4n) is 2.93. The zero-order valence-electron chi connectivity index (χ0n) is 9.24. The largest absolute Gasteiger partial charge is 0.0802 e. The van der Waals surface area contributed by atoms with Gasteiger partial charge in [-0.15, -0.1) is 0 Å². The smallest absolute Gasteiger partial charge is 0.00925 e. The number of fused-ring (bicyclic) bond motifs is 4. The van der Waals surface area contributed by atoms with Crippen LogP contribution in [0.2, 0.25) is 0 Å². The molecule has 1 fully saturated rings. The highest BCUT2D eigenvalue weighted by Crippen LogP contribution is 2.50. The van der Waals surface area contributed by atoms with E-state index in [1.807, 2.05) is 0 Å². The van der Waals surface area contributed by atoms with E-state index in [2.05, 4.69) is 72.9 Å². The van der Waals surface area contributed by atoms with Crippen LogP contribution in [0.15, 0.2) is 72.9 Å². The normalized spacial score (nSPS) is 47.0. The molecule has 0 aromatic carbocycles. The highest BCUT2D eigenvalue weighted by atomic mass is 14.5. The summed E-state index contributed by atoms with van der Waals surface area (Å²) in [4.78, 5) is 0. The minimum atomic E-state index is 0.679. The molecule has 80 valence electrons. The van der Waals surface area contributed by atoms with Crippen LogP contribution >= 0.6 is 0 Å². The summed E-state index contributed by atoms with van der Waals surface area (Å²) in [6, 6.07) is 0. The van der Waals surface area contributed by atoms with Crippen molar-refractivity contribution >= 4 is 0 Å². The van der Waals surface area contributed by atoms with Crippen molar-refractivity contribution in [2.45, 2.75) is 0 Å². The highest BCUT2D eigenvalue weighted by Gasteiger charge is 2.44. The van der Waals surface area contributed by atoms with Gasteiger partial charge in [0, 0.05) is 0 Å². The summed E-state index contributed by atoms with van der Waals surface area (Å²) in [5.41, 5.74) is 0. The van der Waals surface area contributed by atoms with Crippen LogP contribution in [0, 0.1) is 23.7 Å². The minimum absolute atomic E-state index is 0.679. The Balaban J connectivity index is 1.93. The van der Waals surface area contributed by atoms with Crippen molar-refractivity contribution < 1.29 is 0 Å². The predicted octanol–water partition coefficient (Wildman–Crippen LogP) is 3.83. The van der Waals surface area contributed by atoms with Gasteiger partial charge in [-0.05, 0) is 23.7 Å². The second-order valence-corrected chi connectivity index (χ2v) is 4.62. The Morgan fingerprint density at radius 2 is 0.562 bits per heavy atom. The summed E-state index contributed by atoms with van der Waals surface area (Å²) < 4.78 is 0. The first-order valence-electron chi connectivity index (χ1n) is 6.00. The third kappa shape index (κ3) is 1.55. The Bertz CT molecular complexity index is 339. The molecule has 0 aromatic rings. The monoisotopic (exact) mass is 208 g/mol. The van der Waals surface area contributed by atoms with Crippen molar-refractivity contribution in [3.05, 3.63) is 72.9 Å².